The summed E-state index contributed by atoms with van der Waals surface area (Å²) in [6, 6.07) is 0. The number of hydrogen-bond donors (Lipinski definition) is 3. The second-order valence-electron chi connectivity index (χ2n) is 3.42. The van der Waals surface area contributed by atoms with Crippen molar-refractivity contribution in [2.75, 3.05) is 19.7 Å². The molecule has 3 N–H and O–H groups in total. The Bertz CT molecular complexity index is 197. The SMILES string of the molecule is CC(=O)N1CC(O)C(O)C(CO)C1. The van der Waals surface area contributed by atoms with E-state index >= 15 is 0 Å². The lowest BCUT2D eigenvalue weighted by molar-refractivity contribution is -0.141. The average molecular weight is 189 g/mol. The Hall–Kier alpha value is -0.650. The summed E-state index contributed by atoms with van der Waals surface area (Å²) in [4.78, 5) is 12.4. The lowest BCUT2D eigenvalue weighted by atomic mass is 9.93. The molecule has 3 atom stereocenters. The number of hydrogen-bond acceptors (Lipinski definition) is 4. The van der Waals surface area contributed by atoms with Crippen LogP contribution in [0.3, 0.4) is 0 Å². The molecule has 3 unspecified atom stereocenters. The van der Waals surface area contributed by atoms with Gasteiger partial charge in [0.2, 0.25) is 5.91 Å². The third-order valence-electron chi connectivity index (χ3n) is 2.42. The summed E-state index contributed by atoms with van der Waals surface area (Å²) < 4.78 is 0. The van der Waals surface area contributed by atoms with E-state index in [9.17, 15) is 15.0 Å². The van der Waals surface area contributed by atoms with Crippen LogP contribution < -0.4 is 0 Å². The van der Waals surface area contributed by atoms with E-state index in [1.54, 1.807) is 0 Å². The summed E-state index contributed by atoms with van der Waals surface area (Å²) >= 11 is 0. The number of rotatable bonds is 1. The van der Waals surface area contributed by atoms with Crippen molar-refractivity contribution < 1.29 is 20.1 Å². The minimum absolute atomic E-state index is 0.146. The molecule has 5 heteroatoms. The molecule has 1 saturated heterocycles. The van der Waals surface area contributed by atoms with Gasteiger partial charge < -0.3 is 20.2 Å². The highest BCUT2D eigenvalue weighted by atomic mass is 16.3. The number of amides is 1. The molecule has 5 nitrogen and oxygen atoms in total. The van der Waals surface area contributed by atoms with Gasteiger partial charge in [0.1, 0.15) is 0 Å². The van der Waals surface area contributed by atoms with Gasteiger partial charge in [-0.05, 0) is 0 Å². The number of carbonyl (C=O) groups is 1. The zero-order chi connectivity index (χ0) is 10.0. The van der Waals surface area contributed by atoms with Crippen molar-refractivity contribution in [2.24, 2.45) is 5.92 Å². The smallest absolute Gasteiger partial charge is 0.219 e. The van der Waals surface area contributed by atoms with E-state index in [4.69, 9.17) is 5.11 Å². The van der Waals surface area contributed by atoms with Crippen molar-refractivity contribution in [2.45, 2.75) is 19.1 Å². The maximum absolute atomic E-state index is 11.0. The number of piperidine rings is 1. The highest BCUT2D eigenvalue weighted by molar-refractivity contribution is 5.73. The summed E-state index contributed by atoms with van der Waals surface area (Å²) in [6.45, 7) is 1.64. The van der Waals surface area contributed by atoms with E-state index in [0.29, 0.717) is 6.54 Å². The fourth-order valence-electron chi connectivity index (χ4n) is 1.54. The molecular weight excluding hydrogens is 174 g/mol. The molecule has 0 radical (unpaired) electrons. The highest BCUT2D eigenvalue weighted by Crippen LogP contribution is 2.17. The Kier molecular flexibility index (Phi) is 3.24. The summed E-state index contributed by atoms with van der Waals surface area (Å²) in [5.74, 6) is -0.586. The van der Waals surface area contributed by atoms with Crippen LogP contribution >= 0.6 is 0 Å². The first kappa shape index (κ1) is 10.4. The molecule has 1 rings (SSSR count). The minimum atomic E-state index is -0.949. The number of likely N-dealkylation sites (tertiary alicyclic amines) is 1. The summed E-state index contributed by atoms with van der Waals surface area (Å²) in [7, 11) is 0. The molecule has 0 spiro atoms. The quantitative estimate of drug-likeness (QED) is 0.453. The van der Waals surface area contributed by atoms with Crippen LogP contribution in [0.2, 0.25) is 0 Å². The van der Waals surface area contributed by atoms with Crippen molar-refractivity contribution in [1.82, 2.24) is 4.90 Å². The Labute approximate surface area is 76.6 Å². The van der Waals surface area contributed by atoms with E-state index in [2.05, 4.69) is 0 Å². The minimum Gasteiger partial charge on any atom is -0.396 e. The molecule has 1 heterocycles. The summed E-state index contributed by atoms with van der Waals surface area (Å²) in [5.41, 5.74) is 0. The number of aliphatic hydroxyl groups excluding tert-OH is 3. The molecule has 1 fully saturated rings. The standard InChI is InChI=1S/C8H15NO4/c1-5(11)9-2-6(4-10)8(13)7(12)3-9/h6-8,10,12-13H,2-4H2,1H3. The van der Waals surface area contributed by atoms with Gasteiger partial charge in [-0.1, -0.05) is 0 Å². The van der Waals surface area contributed by atoms with Crippen LogP contribution in [0.25, 0.3) is 0 Å². The Balaban J connectivity index is 2.63. The zero-order valence-corrected chi connectivity index (χ0v) is 7.55. The predicted octanol–water partition coefficient (Wildman–Crippen LogP) is -1.82. The number of carbonyl (C=O) groups excluding carboxylic acids is 1. The highest BCUT2D eigenvalue weighted by Gasteiger charge is 2.34. The van der Waals surface area contributed by atoms with Crippen molar-refractivity contribution in [3.63, 3.8) is 0 Å². The van der Waals surface area contributed by atoms with Gasteiger partial charge in [-0.2, -0.15) is 0 Å². The maximum atomic E-state index is 11.0. The van der Waals surface area contributed by atoms with Gasteiger partial charge in [0.05, 0.1) is 18.8 Å². The first-order chi connectivity index (χ1) is 6.06. The second-order valence-corrected chi connectivity index (χ2v) is 3.42. The third kappa shape index (κ3) is 2.18. The van der Waals surface area contributed by atoms with E-state index in [-0.39, 0.29) is 19.1 Å². The van der Waals surface area contributed by atoms with Gasteiger partial charge in [-0.3, -0.25) is 4.79 Å². The van der Waals surface area contributed by atoms with Crippen LogP contribution in [0.4, 0.5) is 0 Å². The third-order valence-corrected chi connectivity index (χ3v) is 2.42. The molecule has 0 bridgehead atoms. The monoisotopic (exact) mass is 189 g/mol. The maximum Gasteiger partial charge on any atom is 0.219 e. The van der Waals surface area contributed by atoms with Crippen LogP contribution in [-0.2, 0) is 4.79 Å². The van der Waals surface area contributed by atoms with Crippen molar-refractivity contribution in [3.05, 3.63) is 0 Å². The molecular formula is C8H15NO4. The van der Waals surface area contributed by atoms with Gasteiger partial charge in [-0.25, -0.2) is 0 Å². The van der Waals surface area contributed by atoms with Gasteiger partial charge in [0, 0.05) is 25.9 Å². The Morgan fingerprint density at radius 3 is 2.54 bits per heavy atom. The Morgan fingerprint density at radius 1 is 1.46 bits per heavy atom. The van der Waals surface area contributed by atoms with Crippen molar-refractivity contribution >= 4 is 5.91 Å². The molecule has 0 aromatic rings. The predicted molar refractivity (Wildman–Crippen MR) is 44.8 cm³/mol. The van der Waals surface area contributed by atoms with Crippen LogP contribution in [0.15, 0.2) is 0 Å². The fraction of sp³-hybridized carbons (Fsp3) is 0.875. The van der Waals surface area contributed by atoms with Crippen molar-refractivity contribution in [3.8, 4) is 0 Å². The normalized spacial score (nSPS) is 34.8. The van der Waals surface area contributed by atoms with E-state index in [0.717, 1.165) is 0 Å². The van der Waals surface area contributed by atoms with Crippen LogP contribution in [0.5, 0.6) is 0 Å². The average Bonchev–Trinajstić information content (AvgIpc) is 2.09. The van der Waals surface area contributed by atoms with Crippen LogP contribution in [0.1, 0.15) is 6.92 Å². The van der Waals surface area contributed by atoms with Gasteiger partial charge in [0.25, 0.3) is 0 Å². The van der Waals surface area contributed by atoms with E-state index < -0.39 is 18.1 Å². The van der Waals surface area contributed by atoms with Crippen molar-refractivity contribution in [1.29, 1.82) is 0 Å². The van der Waals surface area contributed by atoms with Gasteiger partial charge in [0.15, 0.2) is 0 Å². The molecule has 13 heavy (non-hydrogen) atoms. The molecule has 1 aliphatic heterocycles. The molecule has 0 aliphatic carbocycles. The number of β-amino-alcohol motifs (C(OH)–C–C–N with tert-alkyl or cyclic N) is 1. The fourth-order valence-corrected chi connectivity index (χ4v) is 1.54. The van der Waals surface area contributed by atoms with E-state index in [1.807, 2.05) is 0 Å². The zero-order valence-electron chi connectivity index (χ0n) is 7.55. The Morgan fingerprint density at radius 2 is 2.08 bits per heavy atom. The first-order valence-corrected chi connectivity index (χ1v) is 4.28. The van der Waals surface area contributed by atoms with E-state index in [1.165, 1.54) is 11.8 Å². The topological polar surface area (TPSA) is 81.0 Å². The number of nitrogens with zero attached hydrogens (tertiary/aromatic N) is 1. The van der Waals surface area contributed by atoms with Gasteiger partial charge in [-0.15, -0.1) is 0 Å². The molecule has 0 aromatic heterocycles. The summed E-state index contributed by atoms with van der Waals surface area (Å²) in [5, 5.41) is 27.6. The van der Waals surface area contributed by atoms with Crippen LogP contribution in [-0.4, -0.2) is 58.0 Å². The lowest BCUT2D eigenvalue weighted by Gasteiger charge is -2.38. The molecule has 0 saturated carbocycles. The molecule has 1 amide bonds. The second kappa shape index (κ2) is 4.04. The van der Waals surface area contributed by atoms with Crippen LogP contribution in [0, 0.1) is 5.92 Å². The summed E-state index contributed by atoms with van der Waals surface area (Å²) in [6.07, 6.45) is -1.88. The largest absolute Gasteiger partial charge is 0.396 e. The molecule has 1 aliphatic rings. The molecule has 76 valence electrons. The lowest BCUT2D eigenvalue weighted by Crippen LogP contribution is -2.54. The molecule has 0 aromatic carbocycles. The first-order valence-electron chi connectivity index (χ1n) is 4.28. The van der Waals surface area contributed by atoms with Gasteiger partial charge >= 0.3 is 0 Å². The number of aliphatic hydroxyl groups is 3.